The predicted molar refractivity (Wildman–Crippen MR) is 111 cm³/mol. The molecule has 1 nitrogen and oxygen atoms in total. The van der Waals surface area contributed by atoms with Crippen LogP contribution in [-0.4, -0.2) is 14.4 Å². The van der Waals surface area contributed by atoms with Gasteiger partial charge in [0, 0.05) is 0 Å². The zero-order valence-electron chi connectivity index (χ0n) is 17.0. The van der Waals surface area contributed by atoms with Crippen LogP contribution in [0.4, 0.5) is 0 Å². The van der Waals surface area contributed by atoms with E-state index in [0.29, 0.717) is 17.3 Å². The van der Waals surface area contributed by atoms with E-state index in [0.717, 1.165) is 0 Å². The van der Waals surface area contributed by atoms with E-state index >= 15 is 0 Å². The average Bonchev–Trinajstić information content (AvgIpc) is 2.51. The van der Waals surface area contributed by atoms with Crippen molar-refractivity contribution < 1.29 is 4.43 Å². The quantitative estimate of drug-likeness (QED) is 0.547. The summed E-state index contributed by atoms with van der Waals surface area (Å²) in [6.45, 7) is 16.6. The normalized spacial score (nSPS) is 28.6. The van der Waals surface area contributed by atoms with Crippen molar-refractivity contribution in [2.75, 3.05) is 0 Å². The highest BCUT2D eigenvalue weighted by atomic mass is 28.4. The molecule has 0 amide bonds. The topological polar surface area (TPSA) is 9.23 Å². The van der Waals surface area contributed by atoms with Crippen LogP contribution < -0.4 is 0 Å². The van der Waals surface area contributed by atoms with E-state index in [4.69, 9.17) is 4.43 Å². The van der Waals surface area contributed by atoms with Crippen LogP contribution in [0.15, 0.2) is 48.1 Å². The minimum atomic E-state index is -1.76. The van der Waals surface area contributed by atoms with Gasteiger partial charge in [0.15, 0.2) is 8.32 Å². The molecule has 0 aliphatic heterocycles. The molecule has 136 valence electrons. The zero-order chi connectivity index (χ0) is 18.5. The fraction of sp³-hybridized carbons (Fsp3) is 0.565. The Bertz CT molecular complexity index is 676. The fourth-order valence-electron chi connectivity index (χ4n) is 4.07. The van der Waals surface area contributed by atoms with Gasteiger partial charge in [0.1, 0.15) is 0 Å². The lowest BCUT2D eigenvalue weighted by atomic mass is 9.48. The average molecular weight is 355 g/mol. The molecule has 1 aromatic rings. The molecule has 0 heterocycles. The molecule has 0 radical (unpaired) electrons. The van der Waals surface area contributed by atoms with Crippen LogP contribution in [0.5, 0.6) is 0 Å². The SMILES string of the molecule is CC1(C)[C@@H]2C[C@H]1C(/C=C\c1ccccc1)=C[C@@H]2O[Si](C)(C)C(C)(C)C. The first-order valence-electron chi connectivity index (χ1n) is 9.65. The predicted octanol–water partition coefficient (Wildman–Crippen LogP) is 6.69. The number of hydrogen-bond donors (Lipinski definition) is 0. The van der Waals surface area contributed by atoms with Crippen LogP contribution in [0, 0.1) is 17.3 Å². The minimum absolute atomic E-state index is 0.256. The van der Waals surface area contributed by atoms with Gasteiger partial charge in [0.25, 0.3) is 0 Å². The van der Waals surface area contributed by atoms with Crippen LogP contribution in [0.3, 0.4) is 0 Å². The molecule has 0 spiro atoms. The summed E-state index contributed by atoms with van der Waals surface area (Å²) in [7, 11) is -1.76. The van der Waals surface area contributed by atoms with E-state index in [1.807, 2.05) is 0 Å². The Labute approximate surface area is 155 Å². The number of benzene rings is 1. The first kappa shape index (κ1) is 18.7. The molecular formula is C23H34OSi. The fourth-order valence-corrected chi connectivity index (χ4v) is 5.33. The van der Waals surface area contributed by atoms with Gasteiger partial charge in [-0.2, -0.15) is 0 Å². The van der Waals surface area contributed by atoms with E-state index in [-0.39, 0.29) is 11.1 Å². The van der Waals surface area contributed by atoms with E-state index in [1.165, 1.54) is 17.6 Å². The molecule has 3 atom stereocenters. The Morgan fingerprint density at radius 1 is 1.08 bits per heavy atom. The van der Waals surface area contributed by atoms with Gasteiger partial charge < -0.3 is 4.43 Å². The number of rotatable bonds is 4. The van der Waals surface area contributed by atoms with E-state index in [9.17, 15) is 0 Å². The highest BCUT2D eigenvalue weighted by Gasteiger charge is 2.56. The van der Waals surface area contributed by atoms with Gasteiger partial charge in [-0.3, -0.25) is 0 Å². The smallest absolute Gasteiger partial charge is 0.192 e. The Morgan fingerprint density at radius 2 is 1.72 bits per heavy atom. The van der Waals surface area contributed by atoms with Gasteiger partial charge >= 0.3 is 0 Å². The summed E-state index contributed by atoms with van der Waals surface area (Å²) >= 11 is 0. The van der Waals surface area contributed by atoms with Gasteiger partial charge in [0.05, 0.1) is 6.10 Å². The summed E-state index contributed by atoms with van der Waals surface area (Å²) in [6, 6.07) is 10.6. The molecule has 0 unspecified atom stereocenters. The van der Waals surface area contributed by atoms with Crippen molar-refractivity contribution in [2.45, 2.75) is 65.3 Å². The molecule has 2 heteroatoms. The first-order valence-corrected chi connectivity index (χ1v) is 12.6. The summed E-state index contributed by atoms with van der Waals surface area (Å²) in [5, 5.41) is 0.256. The second-order valence-corrected chi connectivity index (χ2v) is 14.7. The maximum Gasteiger partial charge on any atom is 0.192 e. The lowest BCUT2D eigenvalue weighted by Crippen LogP contribution is -2.57. The highest BCUT2D eigenvalue weighted by molar-refractivity contribution is 6.74. The third kappa shape index (κ3) is 3.43. The molecule has 4 rings (SSSR count). The lowest BCUT2D eigenvalue weighted by molar-refractivity contribution is -0.0691. The first-order chi connectivity index (χ1) is 11.5. The molecule has 1 fully saturated rings. The zero-order valence-corrected chi connectivity index (χ0v) is 18.0. The van der Waals surface area contributed by atoms with Gasteiger partial charge in [-0.1, -0.05) is 83.2 Å². The summed E-state index contributed by atoms with van der Waals surface area (Å²) in [5.74, 6) is 1.34. The van der Waals surface area contributed by atoms with Gasteiger partial charge in [-0.15, -0.1) is 0 Å². The molecule has 1 saturated carbocycles. The maximum atomic E-state index is 6.84. The molecule has 3 aliphatic carbocycles. The summed E-state index contributed by atoms with van der Waals surface area (Å²) in [6.07, 6.45) is 8.57. The van der Waals surface area contributed by atoms with Crippen molar-refractivity contribution in [3.8, 4) is 0 Å². The van der Waals surface area contributed by atoms with Crippen LogP contribution in [0.1, 0.15) is 46.6 Å². The van der Waals surface area contributed by atoms with Crippen LogP contribution in [-0.2, 0) is 4.43 Å². The van der Waals surface area contributed by atoms with E-state index < -0.39 is 8.32 Å². The molecular weight excluding hydrogens is 320 g/mol. The maximum absolute atomic E-state index is 6.84. The highest BCUT2D eigenvalue weighted by Crippen LogP contribution is 2.60. The minimum Gasteiger partial charge on any atom is -0.410 e. The Kier molecular flexibility index (Phi) is 4.66. The number of fused-ring (bicyclic) bond motifs is 1. The van der Waals surface area contributed by atoms with Crippen molar-refractivity contribution in [3.05, 3.63) is 53.6 Å². The second-order valence-electron chi connectivity index (χ2n) is 9.97. The molecule has 25 heavy (non-hydrogen) atoms. The second kappa shape index (κ2) is 6.24. The Morgan fingerprint density at radius 3 is 2.28 bits per heavy atom. The van der Waals surface area contributed by atoms with Crippen LogP contribution in [0.2, 0.25) is 18.1 Å². The number of allylic oxidation sites excluding steroid dienone is 2. The monoisotopic (exact) mass is 354 g/mol. The Hall–Kier alpha value is -1.12. The van der Waals surface area contributed by atoms with Gasteiger partial charge in [-0.05, 0) is 52.9 Å². The number of hydrogen-bond acceptors (Lipinski definition) is 1. The van der Waals surface area contributed by atoms with Crippen LogP contribution >= 0.6 is 0 Å². The molecule has 0 N–H and O–H groups in total. The van der Waals surface area contributed by atoms with Crippen molar-refractivity contribution in [1.82, 2.24) is 0 Å². The van der Waals surface area contributed by atoms with Crippen molar-refractivity contribution in [1.29, 1.82) is 0 Å². The summed E-state index contributed by atoms with van der Waals surface area (Å²) in [4.78, 5) is 0. The van der Waals surface area contributed by atoms with Gasteiger partial charge in [-0.25, -0.2) is 0 Å². The van der Waals surface area contributed by atoms with E-state index in [1.54, 1.807) is 0 Å². The summed E-state index contributed by atoms with van der Waals surface area (Å²) in [5.41, 5.74) is 3.09. The summed E-state index contributed by atoms with van der Waals surface area (Å²) < 4.78 is 6.84. The standard InChI is InChI=1S/C23H34OSi/c1-22(2,3)25(6,7)24-21-15-18(19-16-20(21)23(19,4)5)14-13-17-11-9-8-10-12-17/h8-15,19-21H,16H2,1-7H3/b14-13-/t19-,20+,21-/m0/s1. The van der Waals surface area contributed by atoms with Crippen LogP contribution in [0.25, 0.3) is 6.08 Å². The molecule has 3 aliphatic rings. The Balaban J connectivity index is 1.86. The third-order valence-corrected chi connectivity index (χ3v) is 11.5. The van der Waals surface area contributed by atoms with Crippen molar-refractivity contribution >= 4 is 14.4 Å². The third-order valence-electron chi connectivity index (χ3n) is 7.00. The lowest BCUT2D eigenvalue weighted by Gasteiger charge is -2.60. The van der Waals surface area contributed by atoms with Gasteiger partial charge in [0.2, 0.25) is 0 Å². The van der Waals surface area contributed by atoms with Crippen molar-refractivity contribution in [2.24, 2.45) is 17.3 Å². The molecule has 0 saturated heterocycles. The molecule has 2 bridgehead atoms. The largest absolute Gasteiger partial charge is 0.410 e. The van der Waals surface area contributed by atoms with Crippen molar-refractivity contribution in [3.63, 3.8) is 0 Å². The van der Waals surface area contributed by atoms with E-state index in [2.05, 4.69) is 96.3 Å². The molecule has 1 aromatic carbocycles. The molecule has 0 aromatic heterocycles.